The first-order chi connectivity index (χ1) is 12.9. The van der Waals surface area contributed by atoms with E-state index in [1.807, 2.05) is 12.1 Å². The number of ether oxygens (including phenoxy) is 2. The molecule has 2 aromatic carbocycles. The summed E-state index contributed by atoms with van der Waals surface area (Å²) in [5, 5.41) is 20.9. The number of hydrogen-bond acceptors (Lipinski definition) is 5. The predicted molar refractivity (Wildman–Crippen MR) is 99.4 cm³/mol. The maximum atomic E-state index is 12.3. The van der Waals surface area contributed by atoms with E-state index in [0.717, 1.165) is 0 Å². The largest absolute Gasteiger partial charge is 0.493 e. The second-order valence-corrected chi connectivity index (χ2v) is 5.50. The minimum atomic E-state index is -1.11. The van der Waals surface area contributed by atoms with Gasteiger partial charge in [0.25, 0.3) is 5.91 Å². The Bertz CT molecular complexity index is 900. The highest BCUT2D eigenvalue weighted by Gasteiger charge is 2.16. The number of anilines is 1. The molecule has 0 aliphatic heterocycles. The molecule has 2 aromatic rings. The highest BCUT2D eigenvalue weighted by atomic mass is 16.5. The van der Waals surface area contributed by atoms with Crippen LogP contribution in [0.25, 0.3) is 6.08 Å². The smallest absolute Gasteiger partial charge is 0.344 e. The Balaban J connectivity index is 2.23. The first-order valence-corrected chi connectivity index (χ1v) is 8.00. The molecule has 138 valence electrons. The van der Waals surface area contributed by atoms with Gasteiger partial charge in [-0.05, 0) is 42.8 Å². The van der Waals surface area contributed by atoms with Gasteiger partial charge >= 0.3 is 5.97 Å². The average molecular weight is 366 g/mol. The van der Waals surface area contributed by atoms with Crippen molar-refractivity contribution in [1.82, 2.24) is 0 Å². The molecule has 27 heavy (non-hydrogen) atoms. The van der Waals surface area contributed by atoms with Crippen molar-refractivity contribution in [2.75, 3.05) is 12.4 Å². The van der Waals surface area contributed by atoms with Crippen molar-refractivity contribution >= 4 is 23.6 Å². The first kappa shape index (κ1) is 19.5. The summed E-state index contributed by atoms with van der Waals surface area (Å²) in [4.78, 5) is 23.2. The molecule has 1 amide bonds. The topological polar surface area (TPSA) is 109 Å². The van der Waals surface area contributed by atoms with Gasteiger partial charge in [0.1, 0.15) is 11.6 Å². The van der Waals surface area contributed by atoms with Crippen LogP contribution in [0.1, 0.15) is 12.5 Å². The number of benzene rings is 2. The Kier molecular flexibility index (Phi) is 6.55. The number of nitrogens with zero attached hydrogens (tertiary/aromatic N) is 1. The van der Waals surface area contributed by atoms with E-state index in [9.17, 15) is 14.9 Å². The fraction of sp³-hybridized carbons (Fsp3) is 0.150. The molecule has 0 unspecified atom stereocenters. The van der Waals surface area contributed by atoms with Crippen LogP contribution in [0.15, 0.2) is 54.1 Å². The minimum Gasteiger partial charge on any atom is -0.493 e. The van der Waals surface area contributed by atoms with Crippen LogP contribution >= 0.6 is 0 Å². The molecule has 2 rings (SSSR count). The molecular formula is C20H18N2O5. The number of methoxy groups -OCH3 is 1. The molecule has 0 heterocycles. The van der Waals surface area contributed by atoms with Crippen LogP contribution in [0, 0.1) is 11.3 Å². The van der Waals surface area contributed by atoms with Crippen LogP contribution < -0.4 is 14.8 Å². The zero-order valence-electron chi connectivity index (χ0n) is 14.8. The molecule has 0 radical (unpaired) electrons. The molecule has 0 bridgehead atoms. The van der Waals surface area contributed by atoms with Crippen molar-refractivity contribution < 1.29 is 24.2 Å². The quantitative estimate of drug-likeness (QED) is 0.576. The SMILES string of the molecule is COc1cc(/C=C(/C#N)C(=O)Nc2ccccc2)ccc1O[C@@H](C)C(=O)O. The molecule has 7 nitrogen and oxygen atoms in total. The van der Waals surface area contributed by atoms with E-state index in [4.69, 9.17) is 14.6 Å². The Labute approximate surface area is 156 Å². The van der Waals surface area contributed by atoms with E-state index in [-0.39, 0.29) is 17.1 Å². The van der Waals surface area contributed by atoms with Crippen LogP contribution in [0.4, 0.5) is 5.69 Å². The van der Waals surface area contributed by atoms with Crippen LogP contribution in [0.5, 0.6) is 11.5 Å². The molecule has 1 atom stereocenters. The number of nitriles is 1. The summed E-state index contributed by atoms with van der Waals surface area (Å²) in [6, 6.07) is 15.3. The minimum absolute atomic E-state index is 0.0894. The van der Waals surface area contributed by atoms with Crippen molar-refractivity contribution in [3.63, 3.8) is 0 Å². The summed E-state index contributed by atoms with van der Waals surface area (Å²) >= 11 is 0. The first-order valence-electron chi connectivity index (χ1n) is 8.00. The van der Waals surface area contributed by atoms with E-state index < -0.39 is 18.0 Å². The fourth-order valence-electron chi connectivity index (χ4n) is 2.15. The molecule has 0 aromatic heterocycles. The van der Waals surface area contributed by atoms with Gasteiger partial charge in [-0.3, -0.25) is 4.79 Å². The van der Waals surface area contributed by atoms with Gasteiger partial charge in [0.05, 0.1) is 7.11 Å². The lowest BCUT2D eigenvalue weighted by atomic mass is 10.1. The molecule has 0 saturated heterocycles. The molecule has 0 fully saturated rings. The summed E-state index contributed by atoms with van der Waals surface area (Å²) < 4.78 is 10.5. The molecule has 2 N–H and O–H groups in total. The number of carbonyl (C=O) groups excluding carboxylic acids is 1. The van der Waals surface area contributed by atoms with Crippen molar-refractivity contribution in [2.45, 2.75) is 13.0 Å². The third kappa shape index (κ3) is 5.34. The van der Waals surface area contributed by atoms with Crippen molar-refractivity contribution in [3.05, 3.63) is 59.7 Å². The van der Waals surface area contributed by atoms with Gasteiger partial charge in [-0.1, -0.05) is 24.3 Å². The Hall–Kier alpha value is -3.79. The van der Waals surface area contributed by atoms with Gasteiger partial charge in [-0.15, -0.1) is 0 Å². The molecule has 7 heteroatoms. The van der Waals surface area contributed by atoms with E-state index in [1.54, 1.807) is 36.4 Å². The van der Waals surface area contributed by atoms with Gasteiger partial charge in [0, 0.05) is 5.69 Å². The second-order valence-electron chi connectivity index (χ2n) is 5.50. The number of carboxylic acid groups (broad SMARTS) is 1. The lowest BCUT2D eigenvalue weighted by Gasteiger charge is -2.14. The van der Waals surface area contributed by atoms with E-state index in [0.29, 0.717) is 11.3 Å². The number of rotatable bonds is 7. The predicted octanol–water partition coefficient (Wildman–Crippen LogP) is 3.09. The number of aliphatic carboxylic acids is 1. The monoisotopic (exact) mass is 366 g/mol. The maximum Gasteiger partial charge on any atom is 0.344 e. The fourth-order valence-corrected chi connectivity index (χ4v) is 2.15. The third-order valence-electron chi connectivity index (χ3n) is 3.55. The van der Waals surface area contributed by atoms with E-state index in [1.165, 1.54) is 26.2 Å². The Morgan fingerprint density at radius 1 is 1.19 bits per heavy atom. The summed E-state index contributed by atoms with van der Waals surface area (Å²) in [5.74, 6) is -1.11. The number of carboxylic acids is 1. The van der Waals surface area contributed by atoms with Crippen LogP contribution in [0.3, 0.4) is 0 Å². The van der Waals surface area contributed by atoms with E-state index in [2.05, 4.69) is 5.32 Å². The second kappa shape index (κ2) is 9.06. The van der Waals surface area contributed by atoms with E-state index >= 15 is 0 Å². The molecule has 0 spiro atoms. The Morgan fingerprint density at radius 3 is 2.48 bits per heavy atom. The van der Waals surface area contributed by atoms with Crippen molar-refractivity contribution in [1.29, 1.82) is 5.26 Å². The van der Waals surface area contributed by atoms with Gasteiger partial charge in [0.15, 0.2) is 17.6 Å². The highest BCUT2D eigenvalue weighted by molar-refractivity contribution is 6.09. The van der Waals surface area contributed by atoms with Gasteiger partial charge in [-0.2, -0.15) is 5.26 Å². The standard InChI is InChI=1S/C20H18N2O5/c1-13(20(24)25)27-17-9-8-14(11-18(17)26-2)10-15(12-21)19(23)22-16-6-4-3-5-7-16/h3-11,13H,1-2H3,(H,22,23)(H,24,25)/b15-10-/t13-/m0/s1. The molecule has 0 aliphatic rings. The zero-order valence-corrected chi connectivity index (χ0v) is 14.8. The summed E-state index contributed by atoms with van der Waals surface area (Å²) in [6.45, 7) is 1.40. The van der Waals surface area contributed by atoms with Gasteiger partial charge in [-0.25, -0.2) is 4.79 Å². The lowest BCUT2D eigenvalue weighted by molar-refractivity contribution is -0.144. The summed E-state index contributed by atoms with van der Waals surface area (Å²) in [5.41, 5.74) is 1.02. The number of hydrogen-bond donors (Lipinski definition) is 2. The number of nitrogens with one attached hydrogen (secondary N) is 1. The third-order valence-corrected chi connectivity index (χ3v) is 3.55. The number of carbonyl (C=O) groups is 2. The zero-order chi connectivity index (χ0) is 19.8. The van der Waals surface area contributed by atoms with Crippen molar-refractivity contribution in [2.24, 2.45) is 0 Å². The maximum absolute atomic E-state index is 12.3. The van der Waals surface area contributed by atoms with Crippen LogP contribution in [-0.4, -0.2) is 30.2 Å². The molecule has 0 saturated carbocycles. The normalized spacial score (nSPS) is 11.8. The van der Waals surface area contributed by atoms with Crippen LogP contribution in [-0.2, 0) is 9.59 Å². The number of amides is 1. The van der Waals surface area contributed by atoms with Crippen molar-refractivity contribution in [3.8, 4) is 17.6 Å². The van der Waals surface area contributed by atoms with Gasteiger partial charge in [0.2, 0.25) is 0 Å². The lowest BCUT2D eigenvalue weighted by Crippen LogP contribution is -2.23. The van der Waals surface area contributed by atoms with Crippen LogP contribution in [0.2, 0.25) is 0 Å². The molecule has 0 aliphatic carbocycles. The van der Waals surface area contributed by atoms with Gasteiger partial charge < -0.3 is 19.9 Å². The summed E-state index contributed by atoms with van der Waals surface area (Å²) in [7, 11) is 1.41. The number of para-hydroxylation sites is 1. The summed E-state index contributed by atoms with van der Waals surface area (Å²) in [6.07, 6.45) is 0.359. The highest BCUT2D eigenvalue weighted by Crippen LogP contribution is 2.30. The average Bonchev–Trinajstić information content (AvgIpc) is 2.67. The molecular weight excluding hydrogens is 348 g/mol. The Morgan fingerprint density at radius 2 is 1.89 bits per heavy atom.